The Morgan fingerprint density at radius 3 is 2.69 bits per heavy atom. The van der Waals surface area contributed by atoms with Gasteiger partial charge in [-0.05, 0) is 0 Å². The highest BCUT2D eigenvalue weighted by Gasteiger charge is 2.19. The molecule has 0 N–H and O–H groups in total. The third kappa shape index (κ3) is 1.28. The van der Waals surface area contributed by atoms with Gasteiger partial charge in [0, 0.05) is 5.41 Å². The van der Waals surface area contributed by atoms with Crippen molar-refractivity contribution in [2.45, 2.75) is 26.2 Å². The summed E-state index contributed by atoms with van der Waals surface area (Å²) < 4.78 is 1.92. The predicted molar refractivity (Wildman–Crippen MR) is 49.5 cm³/mol. The van der Waals surface area contributed by atoms with Gasteiger partial charge in [0.15, 0.2) is 5.65 Å². The van der Waals surface area contributed by atoms with Crippen molar-refractivity contribution in [1.29, 1.82) is 0 Å². The number of hydrogen-bond donors (Lipinski definition) is 0. The Bertz CT molecular complexity index is 424. The average Bonchev–Trinajstić information content (AvgIpc) is 2.45. The highest BCUT2D eigenvalue weighted by atomic mass is 15.1. The number of hydrogen-bond acceptors (Lipinski definition) is 3. The summed E-state index contributed by atoms with van der Waals surface area (Å²) in [6.07, 6.45) is 5.04. The van der Waals surface area contributed by atoms with Crippen LogP contribution in [0.4, 0.5) is 0 Å². The Labute approximate surface area is 76.7 Å². The summed E-state index contributed by atoms with van der Waals surface area (Å²) in [6.45, 7) is 6.36. The molecule has 0 atom stereocenters. The van der Waals surface area contributed by atoms with Gasteiger partial charge in [0.1, 0.15) is 18.5 Å². The fourth-order valence-corrected chi connectivity index (χ4v) is 1.31. The summed E-state index contributed by atoms with van der Waals surface area (Å²) in [5.74, 6) is 0.989. The number of imidazole rings is 1. The van der Waals surface area contributed by atoms with Crippen molar-refractivity contribution in [3.8, 4) is 0 Å². The molecule has 0 amide bonds. The predicted octanol–water partition coefficient (Wildman–Crippen LogP) is 1.42. The lowest BCUT2D eigenvalue weighted by Crippen LogP contribution is -2.16. The number of aromatic nitrogens is 4. The van der Waals surface area contributed by atoms with E-state index in [9.17, 15) is 0 Å². The normalized spacial score (nSPS) is 12.2. The highest BCUT2D eigenvalue weighted by Crippen LogP contribution is 2.20. The summed E-state index contributed by atoms with van der Waals surface area (Å²) in [5, 5.41) is 0. The van der Waals surface area contributed by atoms with Crippen LogP contribution in [0.15, 0.2) is 18.9 Å². The average molecular weight is 176 g/mol. The molecule has 2 rings (SSSR count). The second-order valence-corrected chi connectivity index (χ2v) is 4.07. The van der Waals surface area contributed by atoms with Crippen molar-refractivity contribution < 1.29 is 0 Å². The van der Waals surface area contributed by atoms with Crippen molar-refractivity contribution in [2.75, 3.05) is 0 Å². The third-order valence-corrected chi connectivity index (χ3v) is 1.89. The lowest BCUT2D eigenvalue weighted by Gasteiger charge is -2.15. The summed E-state index contributed by atoms with van der Waals surface area (Å²) >= 11 is 0. The largest absolute Gasteiger partial charge is 0.270 e. The molecule has 0 fully saturated rings. The van der Waals surface area contributed by atoms with Crippen LogP contribution in [0.2, 0.25) is 0 Å². The molecule has 4 heteroatoms. The van der Waals surface area contributed by atoms with E-state index in [1.165, 1.54) is 6.33 Å². The highest BCUT2D eigenvalue weighted by molar-refractivity contribution is 5.36. The molecule has 0 aliphatic carbocycles. The third-order valence-electron chi connectivity index (χ3n) is 1.89. The molecule has 0 aliphatic rings. The first-order chi connectivity index (χ1) is 6.09. The fourth-order valence-electron chi connectivity index (χ4n) is 1.31. The van der Waals surface area contributed by atoms with Crippen LogP contribution in [-0.2, 0) is 5.41 Å². The van der Waals surface area contributed by atoms with Crippen molar-refractivity contribution in [3.63, 3.8) is 0 Å². The Balaban J connectivity index is 2.72. The maximum absolute atomic E-state index is 4.33. The van der Waals surface area contributed by atoms with Gasteiger partial charge in [-0.25, -0.2) is 15.0 Å². The first-order valence-electron chi connectivity index (χ1n) is 4.22. The molecule has 2 heterocycles. The lowest BCUT2D eigenvalue weighted by molar-refractivity contribution is 0.541. The maximum atomic E-state index is 4.33. The van der Waals surface area contributed by atoms with Crippen LogP contribution in [0, 0.1) is 0 Å². The Hall–Kier alpha value is -1.45. The van der Waals surface area contributed by atoms with Crippen LogP contribution >= 0.6 is 0 Å². The Kier molecular flexibility index (Phi) is 1.58. The zero-order chi connectivity index (χ0) is 9.47. The smallest absolute Gasteiger partial charge is 0.159 e. The van der Waals surface area contributed by atoms with E-state index in [-0.39, 0.29) is 5.41 Å². The molecule has 4 nitrogen and oxygen atoms in total. The van der Waals surface area contributed by atoms with E-state index in [1.54, 1.807) is 12.5 Å². The van der Waals surface area contributed by atoms with Gasteiger partial charge in [0.25, 0.3) is 0 Å². The first-order valence-corrected chi connectivity index (χ1v) is 4.22. The van der Waals surface area contributed by atoms with Crippen LogP contribution in [0.1, 0.15) is 26.6 Å². The molecular formula is C9H12N4. The Morgan fingerprint density at radius 2 is 2.00 bits per heavy atom. The zero-order valence-corrected chi connectivity index (χ0v) is 8.02. The van der Waals surface area contributed by atoms with Gasteiger partial charge in [-0.1, -0.05) is 20.8 Å². The molecule has 2 aromatic rings. The van der Waals surface area contributed by atoms with Crippen LogP contribution in [0.3, 0.4) is 0 Å². The van der Waals surface area contributed by atoms with Crippen molar-refractivity contribution in [3.05, 3.63) is 24.7 Å². The van der Waals surface area contributed by atoms with Crippen molar-refractivity contribution in [1.82, 2.24) is 19.4 Å². The molecule has 0 radical (unpaired) electrons. The van der Waals surface area contributed by atoms with Gasteiger partial charge in [0.2, 0.25) is 0 Å². The minimum absolute atomic E-state index is 0.0249. The molecule has 0 aliphatic heterocycles. The van der Waals surface area contributed by atoms with Crippen molar-refractivity contribution >= 4 is 5.65 Å². The minimum Gasteiger partial charge on any atom is -0.270 e. The fraction of sp³-hybridized carbons (Fsp3) is 0.444. The van der Waals surface area contributed by atoms with Crippen LogP contribution in [0.25, 0.3) is 5.65 Å². The second kappa shape index (κ2) is 2.52. The van der Waals surface area contributed by atoms with E-state index in [0.29, 0.717) is 0 Å². The van der Waals surface area contributed by atoms with E-state index in [1.807, 2.05) is 4.40 Å². The molecule has 2 aromatic heterocycles. The molecule has 0 unspecified atom stereocenters. The quantitative estimate of drug-likeness (QED) is 0.609. The number of rotatable bonds is 0. The Morgan fingerprint density at radius 1 is 1.23 bits per heavy atom. The molecule has 0 bridgehead atoms. The molecular weight excluding hydrogens is 164 g/mol. The van der Waals surface area contributed by atoms with Gasteiger partial charge >= 0.3 is 0 Å². The van der Waals surface area contributed by atoms with Crippen LogP contribution in [0.5, 0.6) is 0 Å². The zero-order valence-electron chi connectivity index (χ0n) is 8.02. The van der Waals surface area contributed by atoms with Gasteiger partial charge in [-0.3, -0.25) is 4.40 Å². The van der Waals surface area contributed by atoms with E-state index in [2.05, 4.69) is 35.7 Å². The standard InChI is InChI=1S/C9H12N4/c1-9(2,3)8-11-4-7-12-5-10-6-13(7)8/h4-6H,1-3H3. The van der Waals surface area contributed by atoms with Crippen LogP contribution < -0.4 is 0 Å². The molecule has 0 saturated carbocycles. The summed E-state index contributed by atoms with van der Waals surface area (Å²) in [4.78, 5) is 12.4. The molecule has 0 aromatic carbocycles. The second-order valence-electron chi connectivity index (χ2n) is 4.07. The monoisotopic (exact) mass is 176 g/mol. The number of nitrogens with zero attached hydrogens (tertiary/aromatic N) is 4. The summed E-state index contributed by atoms with van der Waals surface area (Å²) in [6, 6.07) is 0. The van der Waals surface area contributed by atoms with Crippen molar-refractivity contribution in [2.24, 2.45) is 0 Å². The van der Waals surface area contributed by atoms with Gasteiger partial charge in [-0.2, -0.15) is 0 Å². The van der Waals surface area contributed by atoms with E-state index < -0.39 is 0 Å². The summed E-state index contributed by atoms with van der Waals surface area (Å²) in [7, 11) is 0. The topological polar surface area (TPSA) is 43.1 Å². The van der Waals surface area contributed by atoms with Gasteiger partial charge in [0.05, 0.1) is 6.20 Å². The molecule has 0 spiro atoms. The molecule has 0 saturated heterocycles. The van der Waals surface area contributed by atoms with Gasteiger partial charge < -0.3 is 0 Å². The maximum Gasteiger partial charge on any atom is 0.159 e. The summed E-state index contributed by atoms with van der Waals surface area (Å²) in [5.41, 5.74) is 0.872. The number of fused-ring (bicyclic) bond motifs is 1. The first kappa shape index (κ1) is 8.16. The van der Waals surface area contributed by atoms with E-state index in [0.717, 1.165) is 11.5 Å². The SMILES string of the molecule is CC(C)(C)c1ncc2ncncn12. The van der Waals surface area contributed by atoms with Crippen LogP contribution in [-0.4, -0.2) is 19.4 Å². The minimum atomic E-state index is 0.0249. The van der Waals surface area contributed by atoms with Gasteiger partial charge in [-0.15, -0.1) is 0 Å². The molecule has 68 valence electrons. The van der Waals surface area contributed by atoms with E-state index in [4.69, 9.17) is 0 Å². The molecule has 13 heavy (non-hydrogen) atoms. The lowest BCUT2D eigenvalue weighted by atomic mass is 9.96. The van der Waals surface area contributed by atoms with E-state index >= 15 is 0 Å².